The van der Waals surface area contributed by atoms with Crippen molar-refractivity contribution < 1.29 is 9.53 Å². The second-order valence-electron chi connectivity index (χ2n) is 5.35. The lowest BCUT2D eigenvalue weighted by Gasteiger charge is -2.04. The molecule has 0 radical (unpaired) electrons. The van der Waals surface area contributed by atoms with Gasteiger partial charge in [0.2, 0.25) is 5.88 Å². The van der Waals surface area contributed by atoms with Gasteiger partial charge in [0.15, 0.2) is 0 Å². The number of carbonyl (C=O) groups is 1. The molecule has 4 rings (SSSR count). The van der Waals surface area contributed by atoms with E-state index in [2.05, 4.69) is 9.97 Å². The molecule has 0 amide bonds. The van der Waals surface area contributed by atoms with Gasteiger partial charge in [-0.05, 0) is 17.7 Å². The molecule has 112 valence electrons. The van der Waals surface area contributed by atoms with Crippen molar-refractivity contribution in [2.75, 3.05) is 0 Å². The quantitative estimate of drug-likeness (QED) is 0.585. The Balaban J connectivity index is 1.67. The molecule has 4 aromatic rings. The highest BCUT2D eigenvalue weighted by atomic mass is 16.5. The first kappa shape index (κ1) is 13.5. The molecule has 0 saturated heterocycles. The van der Waals surface area contributed by atoms with Crippen molar-refractivity contribution in [2.24, 2.45) is 0 Å². The summed E-state index contributed by atoms with van der Waals surface area (Å²) in [6.45, 7) is 0. The largest absolute Gasteiger partial charge is 0.405 e. The summed E-state index contributed by atoms with van der Waals surface area (Å²) in [6.07, 6.45) is 1.88. The summed E-state index contributed by atoms with van der Waals surface area (Å²) in [5.74, 6) is -0.00510. The fourth-order valence-electron chi connectivity index (χ4n) is 2.73. The van der Waals surface area contributed by atoms with Crippen LogP contribution in [0.25, 0.3) is 21.8 Å². The summed E-state index contributed by atoms with van der Waals surface area (Å²) in [7, 11) is 0. The first-order chi connectivity index (χ1) is 11.3. The van der Waals surface area contributed by atoms with Crippen LogP contribution in [0.3, 0.4) is 0 Å². The van der Waals surface area contributed by atoms with Gasteiger partial charge in [0, 0.05) is 22.5 Å². The number of nitrogens with one attached hydrogen (secondary N) is 1. The van der Waals surface area contributed by atoms with Crippen LogP contribution < -0.4 is 4.74 Å². The molecule has 2 aromatic heterocycles. The second-order valence-corrected chi connectivity index (χ2v) is 5.35. The highest BCUT2D eigenvalue weighted by Crippen LogP contribution is 2.29. The molecular formula is C19H14N2O2. The van der Waals surface area contributed by atoms with Crippen molar-refractivity contribution in [2.45, 2.75) is 6.42 Å². The highest BCUT2D eigenvalue weighted by molar-refractivity contribution is 6.08. The molecule has 0 fully saturated rings. The molecular weight excluding hydrogens is 288 g/mol. The van der Waals surface area contributed by atoms with Gasteiger partial charge in [-0.15, -0.1) is 0 Å². The average molecular weight is 302 g/mol. The third-order valence-corrected chi connectivity index (χ3v) is 3.79. The maximum Gasteiger partial charge on any atom is 0.317 e. The maximum atomic E-state index is 12.2. The second kappa shape index (κ2) is 5.57. The van der Waals surface area contributed by atoms with E-state index in [1.54, 1.807) is 6.20 Å². The lowest BCUT2D eigenvalue weighted by atomic mass is 10.1. The molecule has 0 spiro atoms. The minimum Gasteiger partial charge on any atom is -0.405 e. The standard InChI is InChI=1S/C19H14N2O2/c22-17(12-13-6-2-1-3-7-13)23-19-18-15(10-11-20-19)14-8-4-5-9-16(14)21-18/h1-11,21H,12H2. The van der Waals surface area contributed by atoms with Crippen LogP contribution in [0.4, 0.5) is 0 Å². The third-order valence-electron chi connectivity index (χ3n) is 3.79. The number of fused-ring (bicyclic) bond motifs is 3. The molecule has 0 unspecified atom stereocenters. The lowest BCUT2D eigenvalue weighted by Crippen LogP contribution is -2.12. The Morgan fingerprint density at radius 3 is 2.61 bits per heavy atom. The summed E-state index contributed by atoms with van der Waals surface area (Å²) >= 11 is 0. The van der Waals surface area contributed by atoms with Gasteiger partial charge in [0.25, 0.3) is 0 Å². The predicted octanol–water partition coefficient (Wildman–Crippen LogP) is 3.86. The third kappa shape index (κ3) is 2.55. The molecule has 4 heteroatoms. The molecule has 2 aromatic carbocycles. The van der Waals surface area contributed by atoms with Crippen molar-refractivity contribution in [1.29, 1.82) is 0 Å². The van der Waals surface area contributed by atoms with Crippen molar-refractivity contribution in [1.82, 2.24) is 9.97 Å². The number of para-hydroxylation sites is 1. The summed E-state index contributed by atoms with van der Waals surface area (Å²) in [6, 6.07) is 19.4. The Kier molecular flexibility index (Phi) is 3.27. The molecule has 0 saturated carbocycles. The van der Waals surface area contributed by atoms with Crippen molar-refractivity contribution >= 4 is 27.8 Å². The highest BCUT2D eigenvalue weighted by Gasteiger charge is 2.13. The number of esters is 1. The van der Waals surface area contributed by atoms with Gasteiger partial charge in [0.05, 0.1) is 6.42 Å². The number of benzene rings is 2. The minimum atomic E-state index is -0.324. The van der Waals surface area contributed by atoms with E-state index in [0.29, 0.717) is 5.88 Å². The maximum absolute atomic E-state index is 12.2. The van der Waals surface area contributed by atoms with E-state index in [1.165, 1.54) is 0 Å². The fourth-order valence-corrected chi connectivity index (χ4v) is 2.73. The van der Waals surface area contributed by atoms with E-state index in [4.69, 9.17) is 4.74 Å². The molecule has 4 nitrogen and oxygen atoms in total. The van der Waals surface area contributed by atoms with Crippen LogP contribution in [0.5, 0.6) is 5.88 Å². The summed E-state index contributed by atoms with van der Waals surface area (Å²) in [5.41, 5.74) is 2.66. The van der Waals surface area contributed by atoms with Gasteiger partial charge >= 0.3 is 5.97 Å². The van der Waals surface area contributed by atoms with Gasteiger partial charge in [-0.2, -0.15) is 0 Å². The van der Waals surface area contributed by atoms with Gasteiger partial charge in [0.1, 0.15) is 5.52 Å². The summed E-state index contributed by atoms with van der Waals surface area (Å²) in [4.78, 5) is 19.7. The summed E-state index contributed by atoms with van der Waals surface area (Å²) in [5, 5.41) is 2.09. The van der Waals surface area contributed by atoms with Crippen LogP contribution in [0, 0.1) is 0 Å². The number of hydrogen-bond acceptors (Lipinski definition) is 3. The van der Waals surface area contributed by atoms with Crippen LogP contribution in [-0.4, -0.2) is 15.9 Å². The normalized spacial score (nSPS) is 11.0. The number of H-pyrrole nitrogens is 1. The topological polar surface area (TPSA) is 55.0 Å². The molecule has 0 bridgehead atoms. The number of aromatic amines is 1. The number of nitrogens with zero attached hydrogens (tertiary/aromatic N) is 1. The first-order valence-corrected chi connectivity index (χ1v) is 7.41. The van der Waals surface area contributed by atoms with E-state index in [9.17, 15) is 4.79 Å². The molecule has 0 aliphatic carbocycles. The number of ether oxygens (including phenoxy) is 1. The number of carbonyl (C=O) groups excluding carboxylic acids is 1. The van der Waals surface area contributed by atoms with E-state index < -0.39 is 0 Å². The van der Waals surface area contributed by atoms with Crippen molar-refractivity contribution in [3.8, 4) is 5.88 Å². The number of rotatable bonds is 3. The molecule has 0 aliphatic rings. The SMILES string of the molecule is O=C(Cc1ccccc1)Oc1nccc2c1[nH]c1ccccc12. The Hall–Kier alpha value is -3.14. The Labute approximate surface area is 132 Å². The zero-order chi connectivity index (χ0) is 15.6. The zero-order valence-electron chi connectivity index (χ0n) is 12.3. The Morgan fingerprint density at radius 2 is 1.74 bits per heavy atom. The van der Waals surface area contributed by atoms with Crippen LogP contribution in [0.2, 0.25) is 0 Å². The zero-order valence-corrected chi connectivity index (χ0v) is 12.3. The minimum absolute atomic E-state index is 0.221. The molecule has 0 aliphatic heterocycles. The number of aromatic nitrogens is 2. The van der Waals surface area contributed by atoms with Gasteiger partial charge in [-0.1, -0.05) is 48.5 Å². The molecule has 1 N–H and O–H groups in total. The van der Waals surface area contributed by atoms with Gasteiger partial charge < -0.3 is 9.72 Å². The Bertz CT molecular complexity index is 990. The van der Waals surface area contributed by atoms with Crippen LogP contribution in [0.1, 0.15) is 5.56 Å². The first-order valence-electron chi connectivity index (χ1n) is 7.41. The van der Waals surface area contributed by atoms with Crippen molar-refractivity contribution in [3.63, 3.8) is 0 Å². The van der Waals surface area contributed by atoms with E-state index in [1.807, 2.05) is 60.7 Å². The van der Waals surface area contributed by atoms with Gasteiger partial charge in [-0.25, -0.2) is 4.98 Å². The Morgan fingerprint density at radius 1 is 0.957 bits per heavy atom. The van der Waals surface area contributed by atoms with Crippen LogP contribution in [0.15, 0.2) is 66.9 Å². The van der Waals surface area contributed by atoms with E-state index in [-0.39, 0.29) is 12.4 Å². The lowest BCUT2D eigenvalue weighted by molar-refractivity contribution is -0.133. The van der Waals surface area contributed by atoms with Crippen molar-refractivity contribution in [3.05, 3.63) is 72.4 Å². The molecule has 23 heavy (non-hydrogen) atoms. The predicted molar refractivity (Wildman–Crippen MR) is 89.4 cm³/mol. The molecule has 0 atom stereocenters. The van der Waals surface area contributed by atoms with Crippen LogP contribution in [-0.2, 0) is 11.2 Å². The number of hydrogen-bond donors (Lipinski definition) is 1. The van der Waals surface area contributed by atoms with Crippen LogP contribution >= 0.6 is 0 Å². The summed E-state index contributed by atoms with van der Waals surface area (Å²) < 4.78 is 5.48. The smallest absolute Gasteiger partial charge is 0.317 e. The fraction of sp³-hybridized carbons (Fsp3) is 0.0526. The monoisotopic (exact) mass is 302 g/mol. The van der Waals surface area contributed by atoms with Gasteiger partial charge in [-0.3, -0.25) is 4.79 Å². The van der Waals surface area contributed by atoms with E-state index >= 15 is 0 Å². The average Bonchev–Trinajstić information content (AvgIpc) is 2.96. The number of pyridine rings is 1. The van der Waals surface area contributed by atoms with E-state index in [0.717, 1.165) is 27.4 Å². The molecule has 2 heterocycles.